The van der Waals surface area contributed by atoms with E-state index in [1.807, 2.05) is 42.5 Å². The van der Waals surface area contributed by atoms with Crippen LogP contribution in [0, 0.1) is 11.3 Å². The summed E-state index contributed by atoms with van der Waals surface area (Å²) in [5.74, 6) is -0.421. The zero-order valence-corrected chi connectivity index (χ0v) is 14.0. The zero-order valence-electron chi connectivity index (χ0n) is 12.4. The second-order valence-corrected chi connectivity index (χ2v) is 5.81. The molecule has 0 atom stereocenters. The molecule has 0 N–H and O–H groups in total. The average molecular weight is 369 g/mol. The highest BCUT2D eigenvalue weighted by atomic mass is 79.9. The lowest BCUT2D eigenvalue weighted by Crippen LogP contribution is -2.05. The average Bonchev–Trinajstić information content (AvgIpc) is 2.90. The maximum Gasteiger partial charge on any atom is 0.341 e. The molecule has 0 aliphatic heterocycles. The van der Waals surface area contributed by atoms with Gasteiger partial charge >= 0.3 is 5.97 Å². The summed E-state index contributed by atoms with van der Waals surface area (Å²) in [5.41, 5.74) is 2.92. The second-order valence-electron chi connectivity index (χ2n) is 4.89. The van der Waals surface area contributed by atoms with Gasteiger partial charge in [-0.05, 0) is 36.8 Å². The summed E-state index contributed by atoms with van der Waals surface area (Å²) in [7, 11) is 0. The van der Waals surface area contributed by atoms with Gasteiger partial charge in [0.15, 0.2) is 0 Å². The third-order valence-corrected chi connectivity index (χ3v) is 4.09. The van der Waals surface area contributed by atoms with Gasteiger partial charge in [-0.3, -0.25) is 0 Å². The highest BCUT2D eigenvalue weighted by Gasteiger charge is 2.25. The van der Waals surface area contributed by atoms with Crippen LogP contribution in [0.2, 0.25) is 0 Å². The molecule has 0 amide bonds. The first-order chi connectivity index (χ1) is 11.2. The third-order valence-electron chi connectivity index (χ3n) is 3.56. The van der Waals surface area contributed by atoms with Gasteiger partial charge in [-0.25, -0.2) is 4.79 Å². The number of rotatable bonds is 3. The zero-order chi connectivity index (χ0) is 16.4. The molecule has 0 radical (unpaired) electrons. The molecule has 0 saturated carbocycles. The number of carbonyl (C=O) groups excluding carboxylic acids is 1. The Hall–Kier alpha value is -2.58. The van der Waals surface area contributed by atoms with E-state index in [-0.39, 0.29) is 6.61 Å². The molecule has 5 heteroatoms. The van der Waals surface area contributed by atoms with Crippen LogP contribution < -0.4 is 0 Å². The molecule has 114 valence electrons. The summed E-state index contributed by atoms with van der Waals surface area (Å²) in [6, 6.07) is 15.2. The number of aromatic nitrogens is 1. The summed E-state index contributed by atoms with van der Waals surface area (Å²) < 4.78 is 7.87. The summed E-state index contributed by atoms with van der Waals surface area (Å²) in [6.45, 7) is 2.05. The Morgan fingerprint density at radius 2 is 2.00 bits per heavy atom. The number of carbonyl (C=O) groups is 1. The summed E-state index contributed by atoms with van der Waals surface area (Å²) in [5, 5.41) is 9.63. The smallest absolute Gasteiger partial charge is 0.341 e. The minimum atomic E-state index is -0.421. The molecule has 0 aliphatic rings. The number of pyridine rings is 1. The van der Waals surface area contributed by atoms with Crippen LogP contribution in [-0.4, -0.2) is 17.0 Å². The monoisotopic (exact) mass is 368 g/mol. The topological polar surface area (TPSA) is 54.5 Å². The molecule has 0 aliphatic carbocycles. The van der Waals surface area contributed by atoms with Crippen LogP contribution in [0.3, 0.4) is 0 Å². The van der Waals surface area contributed by atoms with E-state index in [0.717, 1.165) is 10.0 Å². The third kappa shape index (κ3) is 2.62. The first-order valence-corrected chi connectivity index (χ1v) is 7.93. The number of nitrogens with zero attached hydrogens (tertiary/aromatic N) is 2. The molecule has 2 aromatic heterocycles. The van der Waals surface area contributed by atoms with Crippen molar-refractivity contribution in [3.05, 3.63) is 64.4 Å². The Morgan fingerprint density at radius 3 is 2.65 bits per heavy atom. The van der Waals surface area contributed by atoms with Crippen molar-refractivity contribution in [3.63, 3.8) is 0 Å². The molecule has 2 heterocycles. The van der Waals surface area contributed by atoms with E-state index in [9.17, 15) is 10.1 Å². The molecule has 3 aromatic rings. The quantitative estimate of drug-likeness (QED) is 0.643. The van der Waals surface area contributed by atoms with Gasteiger partial charge < -0.3 is 9.14 Å². The maximum atomic E-state index is 12.5. The largest absolute Gasteiger partial charge is 0.462 e. The van der Waals surface area contributed by atoms with Crippen LogP contribution in [0.5, 0.6) is 0 Å². The van der Waals surface area contributed by atoms with Crippen LogP contribution >= 0.6 is 15.9 Å². The maximum absolute atomic E-state index is 12.5. The molecule has 0 spiro atoms. The fourth-order valence-electron chi connectivity index (χ4n) is 2.63. The van der Waals surface area contributed by atoms with Crippen molar-refractivity contribution >= 4 is 27.4 Å². The fraction of sp³-hybridized carbons (Fsp3) is 0.111. The highest BCUT2D eigenvalue weighted by Crippen LogP contribution is 2.34. The fourth-order valence-corrected chi connectivity index (χ4v) is 2.89. The molecule has 23 heavy (non-hydrogen) atoms. The first kappa shape index (κ1) is 15.3. The number of benzene rings is 1. The lowest BCUT2D eigenvalue weighted by molar-refractivity contribution is 0.0529. The van der Waals surface area contributed by atoms with E-state index in [1.54, 1.807) is 17.5 Å². The Morgan fingerprint density at radius 1 is 1.26 bits per heavy atom. The number of nitriles is 1. The predicted octanol–water partition coefficient (Wildman–Crippen LogP) is 4.42. The molecule has 0 unspecified atom stereocenters. The van der Waals surface area contributed by atoms with E-state index in [4.69, 9.17) is 4.74 Å². The number of halogens is 1. The van der Waals surface area contributed by atoms with Crippen molar-refractivity contribution < 1.29 is 9.53 Å². The van der Waals surface area contributed by atoms with E-state index < -0.39 is 5.97 Å². The minimum absolute atomic E-state index is 0.282. The van der Waals surface area contributed by atoms with Crippen molar-refractivity contribution in [1.82, 2.24) is 4.40 Å². The van der Waals surface area contributed by atoms with Crippen LogP contribution in [0.1, 0.15) is 23.0 Å². The van der Waals surface area contributed by atoms with Crippen LogP contribution in [0.4, 0.5) is 0 Å². The number of fused-ring (bicyclic) bond motifs is 1. The molecule has 3 rings (SSSR count). The van der Waals surface area contributed by atoms with E-state index in [0.29, 0.717) is 22.3 Å². The molecule has 0 bridgehead atoms. The van der Waals surface area contributed by atoms with Crippen molar-refractivity contribution in [2.24, 2.45) is 0 Å². The van der Waals surface area contributed by atoms with Crippen LogP contribution in [0.15, 0.2) is 53.1 Å². The van der Waals surface area contributed by atoms with Crippen molar-refractivity contribution in [2.75, 3.05) is 6.61 Å². The molecule has 0 saturated heterocycles. The van der Waals surface area contributed by atoms with Gasteiger partial charge in [0.25, 0.3) is 0 Å². The number of ether oxygens (including phenoxy) is 1. The Bertz CT molecular complexity index is 921. The molecular formula is C18H13BrN2O2. The Labute approximate surface area is 142 Å². The van der Waals surface area contributed by atoms with E-state index in [2.05, 4.69) is 22.0 Å². The second kappa shape index (κ2) is 6.27. The molecular weight excluding hydrogens is 356 g/mol. The van der Waals surface area contributed by atoms with E-state index in [1.165, 1.54) is 0 Å². The van der Waals surface area contributed by atoms with E-state index >= 15 is 0 Å². The van der Waals surface area contributed by atoms with Gasteiger partial charge in [0.05, 0.1) is 17.7 Å². The van der Waals surface area contributed by atoms with Gasteiger partial charge in [0.1, 0.15) is 11.8 Å². The lowest BCUT2D eigenvalue weighted by atomic mass is 10.0. The van der Waals surface area contributed by atoms with Gasteiger partial charge in [-0.1, -0.05) is 34.1 Å². The minimum Gasteiger partial charge on any atom is -0.462 e. The summed E-state index contributed by atoms with van der Waals surface area (Å²) >= 11 is 3.40. The summed E-state index contributed by atoms with van der Waals surface area (Å²) in [6.07, 6.45) is 1.78. The normalized spacial score (nSPS) is 10.5. The number of esters is 1. The van der Waals surface area contributed by atoms with Crippen molar-refractivity contribution in [3.8, 4) is 17.2 Å². The SMILES string of the molecule is CCOC(=O)c1c(-c2ccc(Br)cc2)c(C#N)n2ccccc12. The van der Waals surface area contributed by atoms with Gasteiger partial charge in [0.2, 0.25) is 0 Å². The van der Waals surface area contributed by atoms with Crippen LogP contribution in [-0.2, 0) is 4.74 Å². The summed E-state index contributed by atoms with van der Waals surface area (Å²) in [4.78, 5) is 12.5. The number of hydrogen-bond donors (Lipinski definition) is 0. The van der Waals surface area contributed by atoms with Crippen molar-refractivity contribution in [1.29, 1.82) is 5.26 Å². The predicted molar refractivity (Wildman–Crippen MR) is 91.2 cm³/mol. The highest BCUT2D eigenvalue weighted by molar-refractivity contribution is 9.10. The molecule has 1 aromatic carbocycles. The Kier molecular flexibility index (Phi) is 4.18. The Balaban J connectivity index is 2.38. The standard InChI is InChI=1S/C18H13BrN2O2/c1-2-23-18(22)17-14-5-3-4-10-21(14)15(11-20)16(17)12-6-8-13(19)9-7-12/h3-10H,2H2,1H3. The number of hydrogen-bond acceptors (Lipinski definition) is 3. The van der Waals surface area contributed by atoms with Crippen molar-refractivity contribution in [2.45, 2.75) is 6.92 Å². The van der Waals surface area contributed by atoms with Gasteiger partial charge in [-0.2, -0.15) is 5.26 Å². The molecule has 0 fully saturated rings. The van der Waals surface area contributed by atoms with Gasteiger partial charge in [-0.15, -0.1) is 0 Å². The lowest BCUT2D eigenvalue weighted by Gasteiger charge is -2.05. The van der Waals surface area contributed by atoms with Crippen LogP contribution in [0.25, 0.3) is 16.6 Å². The first-order valence-electron chi connectivity index (χ1n) is 7.13. The van der Waals surface area contributed by atoms with Gasteiger partial charge in [0, 0.05) is 16.2 Å². The molecule has 4 nitrogen and oxygen atoms in total.